The summed E-state index contributed by atoms with van der Waals surface area (Å²) >= 11 is 0. The van der Waals surface area contributed by atoms with Gasteiger partial charge in [0.1, 0.15) is 18.0 Å². The number of nitrogens with one attached hydrogen (secondary N) is 2. The first-order chi connectivity index (χ1) is 13.0. The Morgan fingerprint density at radius 3 is 2.74 bits per heavy atom. The van der Waals surface area contributed by atoms with E-state index in [1.165, 1.54) is 0 Å². The normalized spacial score (nSPS) is 22.0. The predicted octanol–water partition coefficient (Wildman–Crippen LogP) is 1.73. The van der Waals surface area contributed by atoms with Gasteiger partial charge in [-0.2, -0.15) is 0 Å². The molecular weight excluding hydrogens is 348 g/mol. The second-order valence-electron chi connectivity index (χ2n) is 7.25. The predicted molar refractivity (Wildman–Crippen MR) is 103 cm³/mol. The van der Waals surface area contributed by atoms with Crippen LogP contribution in [0.5, 0.6) is 5.75 Å². The number of hydrogen-bond donors (Lipinski definition) is 3. The van der Waals surface area contributed by atoms with Crippen LogP contribution in [-0.4, -0.2) is 62.9 Å². The van der Waals surface area contributed by atoms with Gasteiger partial charge >= 0.3 is 6.09 Å². The molecule has 152 valence electrons. The molecule has 0 spiro atoms. The summed E-state index contributed by atoms with van der Waals surface area (Å²) in [6.07, 6.45) is -0.422. The van der Waals surface area contributed by atoms with Crippen LogP contribution < -0.4 is 15.4 Å². The minimum Gasteiger partial charge on any atom is -0.497 e. The van der Waals surface area contributed by atoms with Gasteiger partial charge in [-0.15, -0.1) is 0 Å². The summed E-state index contributed by atoms with van der Waals surface area (Å²) in [5, 5.41) is 16.1. The van der Waals surface area contributed by atoms with Crippen molar-refractivity contribution in [2.75, 3.05) is 33.4 Å². The van der Waals surface area contributed by atoms with Gasteiger partial charge in [-0.1, -0.05) is 26.0 Å². The molecule has 3 N–H and O–H groups in total. The minimum absolute atomic E-state index is 0.131. The van der Waals surface area contributed by atoms with Crippen LogP contribution in [0.3, 0.4) is 0 Å². The molecule has 7 heteroatoms. The summed E-state index contributed by atoms with van der Waals surface area (Å²) in [5.74, 6) is 1.30. The van der Waals surface area contributed by atoms with E-state index in [9.17, 15) is 9.90 Å². The van der Waals surface area contributed by atoms with Gasteiger partial charge in [0.15, 0.2) is 0 Å². The number of hydrogen-bond acceptors (Lipinski definition) is 6. The monoisotopic (exact) mass is 380 g/mol. The minimum atomic E-state index is -0.714. The highest BCUT2D eigenvalue weighted by Crippen LogP contribution is 2.19. The van der Waals surface area contributed by atoms with Crippen LogP contribution >= 0.6 is 0 Å². The lowest BCUT2D eigenvalue weighted by atomic mass is 10.0. The number of β-amino-alcohol motifs (C(OH)–C–C–N with tert-alkyl or cyclic N) is 1. The van der Waals surface area contributed by atoms with Gasteiger partial charge in [0.05, 0.1) is 13.2 Å². The molecule has 1 heterocycles. The first-order valence-corrected chi connectivity index (χ1v) is 9.56. The summed E-state index contributed by atoms with van der Waals surface area (Å²) in [7, 11) is 1.63. The molecule has 1 aliphatic heterocycles. The maximum atomic E-state index is 12.0. The van der Waals surface area contributed by atoms with Crippen molar-refractivity contribution in [3.63, 3.8) is 0 Å². The van der Waals surface area contributed by atoms with Gasteiger partial charge in [-0.25, -0.2) is 4.79 Å². The van der Waals surface area contributed by atoms with Crippen LogP contribution in [0.25, 0.3) is 0 Å². The lowest BCUT2D eigenvalue weighted by Gasteiger charge is -2.22. The van der Waals surface area contributed by atoms with E-state index in [1.807, 2.05) is 24.3 Å². The molecule has 0 radical (unpaired) electrons. The number of alkyl carbamates (subject to hydrolysis) is 1. The molecule has 1 amide bonds. The Bertz CT molecular complexity index is 564. The van der Waals surface area contributed by atoms with Crippen molar-refractivity contribution in [2.45, 2.75) is 44.9 Å². The van der Waals surface area contributed by atoms with E-state index in [4.69, 9.17) is 14.2 Å². The highest BCUT2D eigenvalue weighted by molar-refractivity contribution is 5.67. The van der Waals surface area contributed by atoms with Crippen molar-refractivity contribution in [2.24, 2.45) is 5.92 Å². The molecule has 1 fully saturated rings. The fourth-order valence-electron chi connectivity index (χ4n) is 2.99. The average molecular weight is 380 g/mol. The van der Waals surface area contributed by atoms with E-state index in [-0.39, 0.29) is 6.04 Å². The topological polar surface area (TPSA) is 89.0 Å². The number of rotatable bonds is 10. The summed E-state index contributed by atoms with van der Waals surface area (Å²) in [5.41, 5.74) is 1.08. The van der Waals surface area contributed by atoms with Gasteiger partial charge < -0.3 is 30.0 Å². The van der Waals surface area contributed by atoms with Gasteiger partial charge in [0, 0.05) is 26.3 Å². The van der Waals surface area contributed by atoms with E-state index >= 15 is 0 Å². The Labute approximate surface area is 161 Å². The SMILES string of the molecule is COc1ccc(C[C@H]2NC[C@H](O)[C@H]2OC(=O)NCCCOCC(C)C)cc1. The summed E-state index contributed by atoms with van der Waals surface area (Å²) in [6, 6.07) is 7.60. The van der Waals surface area contributed by atoms with Crippen LogP contribution in [0.4, 0.5) is 4.79 Å². The van der Waals surface area contributed by atoms with Gasteiger partial charge in [-0.05, 0) is 36.5 Å². The lowest BCUT2D eigenvalue weighted by molar-refractivity contribution is 0.0186. The molecule has 0 unspecified atom stereocenters. The molecule has 7 nitrogen and oxygen atoms in total. The smallest absolute Gasteiger partial charge is 0.407 e. The molecule has 0 aromatic heterocycles. The summed E-state index contributed by atoms with van der Waals surface area (Å²) in [6.45, 7) is 6.40. The number of aliphatic hydroxyl groups excluding tert-OH is 1. The van der Waals surface area contributed by atoms with Crippen molar-refractivity contribution < 1.29 is 24.1 Å². The van der Waals surface area contributed by atoms with Gasteiger partial charge in [-0.3, -0.25) is 0 Å². The van der Waals surface area contributed by atoms with Crippen molar-refractivity contribution >= 4 is 6.09 Å². The summed E-state index contributed by atoms with van der Waals surface area (Å²) in [4.78, 5) is 12.0. The van der Waals surface area contributed by atoms with Crippen molar-refractivity contribution in [3.8, 4) is 5.75 Å². The first kappa shape index (κ1) is 21.5. The maximum absolute atomic E-state index is 12.0. The average Bonchev–Trinajstić information content (AvgIpc) is 2.98. The van der Waals surface area contributed by atoms with E-state index < -0.39 is 18.3 Å². The molecule has 27 heavy (non-hydrogen) atoms. The number of amides is 1. The zero-order valence-electron chi connectivity index (χ0n) is 16.4. The molecule has 0 saturated carbocycles. The van der Waals surface area contributed by atoms with Crippen LogP contribution in [0.1, 0.15) is 25.8 Å². The molecule has 1 aliphatic rings. The summed E-state index contributed by atoms with van der Waals surface area (Å²) < 4.78 is 16.1. The molecule has 0 aliphatic carbocycles. The third-order valence-electron chi connectivity index (χ3n) is 4.41. The van der Waals surface area contributed by atoms with Gasteiger partial charge in [0.25, 0.3) is 0 Å². The highest BCUT2D eigenvalue weighted by atomic mass is 16.6. The Morgan fingerprint density at radius 1 is 1.33 bits per heavy atom. The molecule has 1 saturated heterocycles. The molecule has 0 bridgehead atoms. The van der Waals surface area contributed by atoms with Crippen LogP contribution in [0, 0.1) is 5.92 Å². The Morgan fingerprint density at radius 2 is 2.07 bits per heavy atom. The fraction of sp³-hybridized carbons (Fsp3) is 0.650. The molecule has 1 aromatic carbocycles. The quantitative estimate of drug-likeness (QED) is 0.536. The van der Waals surface area contributed by atoms with Crippen molar-refractivity contribution in [1.29, 1.82) is 0 Å². The zero-order valence-corrected chi connectivity index (χ0v) is 16.4. The first-order valence-electron chi connectivity index (χ1n) is 9.56. The van der Waals surface area contributed by atoms with Crippen molar-refractivity contribution in [3.05, 3.63) is 29.8 Å². The zero-order chi connectivity index (χ0) is 19.6. The Hall–Kier alpha value is -1.83. The number of carbonyl (C=O) groups is 1. The number of ether oxygens (including phenoxy) is 3. The highest BCUT2D eigenvalue weighted by Gasteiger charge is 2.37. The van der Waals surface area contributed by atoms with Crippen molar-refractivity contribution in [1.82, 2.24) is 10.6 Å². The van der Waals surface area contributed by atoms with E-state index in [2.05, 4.69) is 24.5 Å². The van der Waals surface area contributed by atoms with Gasteiger partial charge in [0.2, 0.25) is 0 Å². The second-order valence-corrected chi connectivity index (χ2v) is 7.25. The standard InChI is InChI=1S/C20H32N2O5/c1-14(2)13-26-10-4-9-21-20(24)27-19-17(22-12-18(19)23)11-15-5-7-16(25-3)8-6-15/h5-8,14,17-19,22-23H,4,9-13H2,1-3H3,(H,21,24)/t17-,18+,19+/m1/s1. The molecular formula is C20H32N2O5. The maximum Gasteiger partial charge on any atom is 0.407 e. The largest absolute Gasteiger partial charge is 0.497 e. The number of methoxy groups -OCH3 is 1. The lowest BCUT2D eigenvalue weighted by Crippen LogP contribution is -2.41. The third kappa shape index (κ3) is 7.36. The Balaban J connectivity index is 1.74. The molecule has 3 atom stereocenters. The van der Waals surface area contributed by atoms with Crippen LogP contribution in [0.15, 0.2) is 24.3 Å². The third-order valence-corrected chi connectivity index (χ3v) is 4.41. The number of benzene rings is 1. The van der Waals surface area contributed by atoms with E-state index in [1.54, 1.807) is 7.11 Å². The van der Waals surface area contributed by atoms with E-state index in [0.29, 0.717) is 32.0 Å². The van der Waals surface area contributed by atoms with Crippen LogP contribution in [0.2, 0.25) is 0 Å². The number of aliphatic hydroxyl groups is 1. The fourth-order valence-corrected chi connectivity index (χ4v) is 2.99. The second kappa shape index (κ2) is 11.1. The molecule has 2 rings (SSSR count). The number of carbonyl (C=O) groups excluding carboxylic acids is 1. The van der Waals surface area contributed by atoms with Crippen LogP contribution in [-0.2, 0) is 15.9 Å². The molecule has 1 aromatic rings. The van der Waals surface area contributed by atoms with E-state index in [0.717, 1.165) is 24.3 Å². The Kier molecular flexibility index (Phi) is 8.84.